The summed E-state index contributed by atoms with van der Waals surface area (Å²) in [6.45, 7) is 1.82. The summed E-state index contributed by atoms with van der Waals surface area (Å²) in [7, 11) is 1.53. The zero-order chi connectivity index (χ0) is 22.1. The van der Waals surface area contributed by atoms with Gasteiger partial charge in [0.1, 0.15) is 29.1 Å². The van der Waals surface area contributed by atoms with Crippen LogP contribution < -0.4 is 4.74 Å². The molecular weight excluding hydrogens is 401 g/mol. The second kappa shape index (κ2) is 8.10. The van der Waals surface area contributed by atoms with Crippen LogP contribution in [0.15, 0.2) is 70.9 Å². The lowest BCUT2D eigenvalue weighted by Crippen LogP contribution is -2.29. The van der Waals surface area contributed by atoms with Crippen LogP contribution in [-0.2, 0) is 16.1 Å². The molecule has 1 atom stereocenters. The van der Waals surface area contributed by atoms with Crippen molar-refractivity contribution in [3.63, 3.8) is 0 Å². The molecule has 6 nitrogen and oxygen atoms in total. The molecule has 0 aliphatic carbocycles. The number of hydrogen-bond acceptors (Lipinski definition) is 5. The number of rotatable bonds is 5. The van der Waals surface area contributed by atoms with Crippen molar-refractivity contribution in [1.82, 2.24) is 4.90 Å². The van der Waals surface area contributed by atoms with Crippen LogP contribution in [0, 0.1) is 12.7 Å². The van der Waals surface area contributed by atoms with Gasteiger partial charge in [-0.3, -0.25) is 9.59 Å². The van der Waals surface area contributed by atoms with Gasteiger partial charge in [0.05, 0.1) is 18.9 Å². The van der Waals surface area contributed by atoms with Gasteiger partial charge in [0.25, 0.3) is 11.7 Å². The molecule has 0 spiro atoms. The molecule has 4 rings (SSSR count). The highest BCUT2D eigenvalue weighted by molar-refractivity contribution is 6.46. The van der Waals surface area contributed by atoms with Crippen LogP contribution in [0.1, 0.15) is 28.5 Å². The van der Waals surface area contributed by atoms with Gasteiger partial charge in [0.2, 0.25) is 0 Å². The summed E-state index contributed by atoms with van der Waals surface area (Å²) >= 11 is 0. The molecule has 0 bridgehead atoms. The third-order valence-electron chi connectivity index (χ3n) is 5.31. The Hall–Kier alpha value is -3.87. The average Bonchev–Trinajstić information content (AvgIpc) is 3.37. The van der Waals surface area contributed by atoms with Crippen molar-refractivity contribution in [2.45, 2.75) is 19.5 Å². The average molecular weight is 421 g/mol. The van der Waals surface area contributed by atoms with Crippen molar-refractivity contribution >= 4 is 17.4 Å². The molecule has 1 amide bonds. The molecule has 3 aromatic rings. The Morgan fingerprint density at radius 1 is 1.16 bits per heavy atom. The number of ether oxygens (including phenoxy) is 1. The van der Waals surface area contributed by atoms with Gasteiger partial charge in [-0.15, -0.1) is 0 Å². The third kappa shape index (κ3) is 3.70. The van der Waals surface area contributed by atoms with E-state index in [0.717, 1.165) is 0 Å². The Balaban J connectivity index is 1.83. The molecule has 1 saturated heterocycles. The number of benzene rings is 2. The number of furan rings is 1. The van der Waals surface area contributed by atoms with E-state index in [1.165, 1.54) is 30.4 Å². The number of aliphatic hydroxyl groups is 1. The van der Waals surface area contributed by atoms with Crippen LogP contribution in [0.3, 0.4) is 0 Å². The van der Waals surface area contributed by atoms with Gasteiger partial charge in [-0.05, 0) is 60.5 Å². The number of amides is 1. The summed E-state index contributed by atoms with van der Waals surface area (Å²) in [5.41, 5.74) is 1.67. The van der Waals surface area contributed by atoms with Crippen LogP contribution >= 0.6 is 0 Å². The lowest BCUT2D eigenvalue weighted by molar-refractivity contribution is -0.140. The van der Waals surface area contributed by atoms with Crippen LogP contribution in [0.2, 0.25) is 0 Å². The topological polar surface area (TPSA) is 80.0 Å². The first-order valence-corrected chi connectivity index (χ1v) is 9.62. The smallest absolute Gasteiger partial charge is 0.296 e. The first-order valence-electron chi connectivity index (χ1n) is 9.62. The highest BCUT2D eigenvalue weighted by Gasteiger charge is 2.47. The number of methoxy groups -OCH3 is 1. The van der Waals surface area contributed by atoms with Gasteiger partial charge in [0.15, 0.2) is 0 Å². The van der Waals surface area contributed by atoms with E-state index >= 15 is 0 Å². The minimum atomic E-state index is -0.915. The van der Waals surface area contributed by atoms with E-state index in [2.05, 4.69) is 0 Å². The molecule has 0 radical (unpaired) electrons. The van der Waals surface area contributed by atoms with Gasteiger partial charge in [0, 0.05) is 12.1 Å². The molecule has 1 aromatic heterocycles. The number of ketones is 1. The predicted molar refractivity (Wildman–Crippen MR) is 111 cm³/mol. The predicted octanol–water partition coefficient (Wildman–Crippen LogP) is 4.36. The number of aryl methyl sites for hydroxylation is 1. The summed E-state index contributed by atoms with van der Waals surface area (Å²) in [5, 5.41) is 11.1. The van der Waals surface area contributed by atoms with E-state index in [1.807, 2.05) is 0 Å². The molecule has 2 heterocycles. The fourth-order valence-electron chi connectivity index (χ4n) is 3.75. The van der Waals surface area contributed by atoms with Crippen LogP contribution in [0.4, 0.5) is 4.39 Å². The summed E-state index contributed by atoms with van der Waals surface area (Å²) in [6, 6.07) is 13.1. The van der Waals surface area contributed by atoms with Crippen LogP contribution in [0.25, 0.3) is 5.76 Å². The Morgan fingerprint density at radius 2 is 1.90 bits per heavy atom. The number of halogens is 1. The molecule has 0 saturated carbocycles. The SMILES string of the molecule is COc1ccc(/C(O)=C2/C(=O)C(=O)N(Cc3ccc(F)cc3)C2c2ccco2)c(C)c1. The second-order valence-corrected chi connectivity index (χ2v) is 7.25. The van der Waals surface area contributed by atoms with E-state index in [-0.39, 0.29) is 17.9 Å². The van der Waals surface area contributed by atoms with E-state index in [4.69, 9.17) is 9.15 Å². The number of hydrogen-bond donors (Lipinski definition) is 1. The maximum absolute atomic E-state index is 13.3. The summed E-state index contributed by atoms with van der Waals surface area (Å²) in [5.74, 6) is -1.32. The zero-order valence-corrected chi connectivity index (χ0v) is 17.0. The van der Waals surface area contributed by atoms with E-state index < -0.39 is 23.5 Å². The molecule has 1 aliphatic rings. The quantitative estimate of drug-likeness (QED) is 0.376. The maximum atomic E-state index is 13.3. The lowest BCUT2D eigenvalue weighted by atomic mass is 9.97. The van der Waals surface area contributed by atoms with Gasteiger partial charge < -0.3 is 19.2 Å². The van der Waals surface area contributed by atoms with Crippen molar-refractivity contribution in [1.29, 1.82) is 0 Å². The first-order chi connectivity index (χ1) is 14.9. The van der Waals surface area contributed by atoms with E-state index in [9.17, 15) is 19.1 Å². The molecule has 31 heavy (non-hydrogen) atoms. The van der Waals surface area contributed by atoms with Crippen molar-refractivity contribution in [3.8, 4) is 5.75 Å². The minimum Gasteiger partial charge on any atom is -0.507 e. The standard InChI is InChI=1S/C24H20FNO5/c1-14-12-17(30-2)9-10-18(14)22(27)20-21(19-4-3-11-31-19)26(24(29)23(20)28)13-15-5-7-16(25)8-6-15/h3-12,21,27H,13H2,1-2H3/b22-20-. The van der Waals surface area contributed by atoms with Crippen molar-refractivity contribution in [2.75, 3.05) is 7.11 Å². The summed E-state index contributed by atoms with van der Waals surface area (Å²) < 4.78 is 24.0. The molecular formula is C24H20FNO5. The van der Waals surface area contributed by atoms with Gasteiger partial charge in [-0.2, -0.15) is 0 Å². The number of carbonyl (C=O) groups excluding carboxylic acids is 2. The van der Waals surface area contributed by atoms with Crippen LogP contribution in [-0.4, -0.2) is 28.8 Å². The minimum absolute atomic E-state index is 0.0502. The Kier molecular flexibility index (Phi) is 5.33. The maximum Gasteiger partial charge on any atom is 0.296 e. The molecule has 1 unspecified atom stereocenters. The van der Waals surface area contributed by atoms with Crippen molar-refractivity contribution in [3.05, 3.63) is 94.7 Å². The molecule has 1 aliphatic heterocycles. The largest absolute Gasteiger partial charge is 0.507 e. The van der Waals surface area contributed by atoms with Crippen molar-refractivity contribution in [2.24, 2.45) is 0 Å². The highest BCUT2D eigenvalue weighted by Crippen LogP contribution is 2.41. The fourth-order valence-corrected chi connectivity index (χ4v) is 3.75. The number of Topliss-reactive ketones (excluding diaryl/α,β-unsaturated/α-hetero) is 1. The number of carbonyl (C=O) groups is 2. The van der Waals surface area contributed by atoms with Gasteiger partial charge >= 0.3 is 0 Å². The Morgan fingerprint density at radius 3 is 2.52 bits per heavy atom. The van der Waals surface area contributed by atoms with Crippen molar-refractivity contribution < 1.29 is 28.2 Å². The van der Waals surface area contributed by atoms with Crippen LogP contribution in [0.5, 0.6) is 5.75 Å². The van der Waals surface area contributed by atoms with Gasteiger partial charge in [-0.1, -0.05) is 12.1 Å². The number of likely N-dealkylation sites (tertiary alicyclic amines) is 1. The Bertz CT molecular complexity index is 1170. The molecule has 1 N–H and O–H groups in total. The van der Waals surface area contributed by atoms with E-state index in [0.29, 0.717) is 28.2 Å². The Labute approximate surface area is 178 Å². The number of nitrogens with zero attached hydrogens (tertiary/aromatic N) is 1. The fraction of sp³-hybridized carbons (Fsp3) is 0.167. The third-order valence-corrected chi connectivity index (χ3v) is 5.31. The summed E-state index contributed by atoms with van der Waals surface area (Å²) in [6.07, 6.45) is 1.44. The molecule has 1 fully saturated rings. The first kappa shape index (κ1) is 20.4. The monoisotopic (exact) mass is 421 g/mol. The zero-order valence-electron chi connectivity index (χ0n) is 17.0. The lowest BCUT2D eigenvalue weighted by Gasteiger charge is -2.23. The highest BCUT2D eigenvalue weighted by atomic mass is 19.1. The molecule has 7 heteroatoms. The molecule has 2 aromatic carbocycles. The van der Waals surface area contributed by atoms with E-state index in [1.54, 1.807) is 49.4 Å². The second-order valence-electron chi connectivity index (χ2n) is 7.25. The summed E-state index contributed by atoms with van der Waals surface area (Å²) in [4.78, 5) is 27.2. The van der Waals surface area contributed by atoms with Gasteiger partial charge in [-0.25, -0.2) is 4.39 Å². The normalized spacial score (nSPS) is 17.9. The number of aliphatic hydroxyl groups excluding tert-OH is 1. The molecule has 158 valence electrons.